The van der Waals surface area contributed by atoms with Gasteiger partial charge in [0.1, 0.15) is 5.75 Å². The van der Waals surface area contributed by atoms with Crippen molar-refractivity contribution in [3.05, 3.63) is 29.8 Å². The van der Waals surface area contributed by atoms with E-state index in [0.717, 1.165) is 44.9 Å². The number of nitrogens with zero attached hydrogens (tertiary/aromatic N) is 2. The van der Waals surface area contributed by atoms with Crippen LogP contribution < -0.4 is 10.1 Å². The van der Waals surface area contributed by atoms with Crippen molar-refractivity contribution in [3.63, 3.8) is 0 Å². The number of piperazine rings is 1. The Kier molecular flexibility index (Phi) is 7.16. The van der Waals surface area contributed by atoms with Crippen LogP contribution in [0.2, 0.25) is 0 Å². The molecule has 1 N–H and O–H groups in total. The van der Waals surface area contributed by atoms with Crippen molar-refractivity contribution >= 4 is 6.03 Å². The molecule has 0 bridgehead atoms. The Morgan fingerprint density at radius 3 is 2.61 bits per heavy atom. The van der Waals surface area contributed by atoms with Crippen LogP contribution in [0.1, 0.15) is 12.0 Å². The first-order valence-electron chi connectivity index (χ1n) is 8.10. The van der Waals surface area contributed by atoms with Gasteiger partial charge in [-0.25, -0.2) is 4.79 Å². The second-order valence-electron chi connectivity index (χ2n) is 5.65. The molecule has 0 aromatic heterocycles. The number of carbonyl (C=O) groups is 1. The van der Waals surface area contributed by atoms with Crippen LogP contribution in [0.5, 0.6) is 5.75 Å². The highest BCUT2D eigenvalue weighted by atomic mass is 16.5. The molecule has 0 spiro atoms. The van der Waals surface area contributed by atoms with E-state index in [0.29, 0.717) is 13.2 Å². The fourth-order valence-electron chi connectivity index (χ4n) is 2.71. The fraction of sp³-hybridized carbons (Fsp3) is 0.588. The highest BCUT2D eigenvalue weighted by Gasteiger charge is 2.21. The minimum atomic E-state index is 0.0260. The van der Waals surface area contributed by atoms with Gasteiger partial charge in [0.05, 0.1) is 7.11 Å². The molecule has 1 aliphatic rings. The number of hydrogen-bond donors (Lipinski definition) is 1. The predicted octanol–water partition coefficient (Wildman–Crippen LogP) is 1.56. The van der Waals surface area contributed by atoms with Crippen molar-refractivity contribution in [1.29, 1.82) is 0 Å². The normalized spacial score (nSPS) is 15.5. The number of hydrogen-bond acceptors (Lipinski definition) is 4. The molecule has 0 radical (unpaired) electrons. The number of ether oxygens (including phenoxy) is 2. The molecule has 6 nitrogen and oxygen atoms in total. The molecule has 0 saturated carbocycles. The molecule has 0 aliphatic carbocycles. The molecule has 1 aliphatic heterocycles. The monoisotopic (exact) mass is 321 g/mol. The summed E-state index contributed by atoms with van der Waals surface area (Å²) >= 11 is 0. The summed E-state index contributed by atoms with van der Waals surface area (Å²) in [5, 5.41) is 2.94. The summed E-state index contributed by atoms with van der Waals surface area (Å²) < 4.78 is 10.4. The van der Waals surface area contributed by atoms with Crippen LogP contribution >= 0.6 is 0 Å². The Hall–Kier alpha value is -1.79. The number of amides is 2. The highest BCUT2D eigenvalue weighted by molar-refractivity contribution is 5.74. The van der Waals surface area contributed by atoms with Crippen LogP contribution in [0, 0.1) is 0 Å². The van der Waals surface area contributed by atoms with Gasteiger partial charge in [0, 0.05) is 58.5 Å². The van der Waals surface area contributed by atoms with Crippen LogP contribution in [-0.2, 0) is 11.3 Å². The third-order valence-electron chi connectivity index (χ3n) is 4.05. The third-order valence-corrected chi connectivity index (χ3v) is 4.05. The quantitative estimate of drug-likeness (QED) is 0.775. The van der Waals surface area contributed by atoms with Gasteiger partial charge in [-0.2, -0.15) is 0 Å². The van der Waals surface area contributed by atoms with Crippen molar-refractivity contribution in [2.45, 2.75) is 13.0 Å². The minimum Gasteiger partial charge on any atom is -0.496 e. The van der Waals surface area contributed by atoms with E-state index in [1.165, 1.54) is 5.56 Å². The molecule has 1 fully saturated rings. The van der Waals surface area contributed by atoms with Gasteiger partial charge in [0.2, 0.25) is 0 Å². The molecule has 2 amide bonds. The van der Waals surface area contributed by atoms with E-state index in [-0.39, 0.29) is 6.03 Å². The molecule has 1 saturated heterocycles. The van der Waals surface area contributed by atoms with E-state index in [1.807, 2.05) is 23.1 Å². The molecular formula is C17H27N3O3. The molecular weight excluding hydrogens is 294 g/mol. The lowest BCUT2D eigenvalue weighted by Crippen LogP contribution is -2.51. The van der Waals surface area contributed by atoms with Crippen LogP contribution in [0.15, 0.2) is 24.3 Å². The lowest BCUT2D eigenvalue weighted by molar-refractivity contribution is 0.133. The van der Waals surface area contributed by atoms with Gasteiger partial charge in [-0.1, -0.05) is 18.2 Å². The van der Waals surface area contributed by atoms with E-state index < -0.39 is 0 Å². The number of carbonyl (C=O) groups excluding carboxylic acids is 1. The van der Waals surface area contributed by atoms with Gasteiger partial charge in [-0.05, 0) is 12.5 Å². The van der Waals surface area contributed by atoms with Crippen molar-refractivity contribution < 1.29 is 14.3 Å². The zero-order chi connectivity index (χ0) is 16.5. The lowest BCUT2D eigenvalue weighted by atomic mass is 10.1. The summed E-state index contributed by atoms with van der Waals surface area (Å²) in [6.07, 6.45) is 0.843. The van der Waals surface area contributed by atoms with E-state index in [4.69, 9.17) is 9.47 Å². The van der Waals surface area contributed by atoms with Crippen LogP contribution in [-0.4, -0.2) is 69.4 Å². The highest BCUT2D eigenvalue weighted by Crippen LogP contribution is 2.19. The number of nitrogens with one attached hydrogen (secondary N) is 1. The van der Waals surface area contributed by atoms with Gasteiger partial charge < -0.3 is 19.7 Å². The summed E-state index contributed by atoms with van der Waals surface area (Å²) in [7, 11) is 3.37. The Morgan fingerprint density at radius 2 is 1.91 bits per heavy atom. The number of rotatable bonds is 7. The van der Waals surface area contributed by atoms with E-state index in [9.17, 15) is 4.79 Å². The van der Waals surface area contributed by atoms with Crippen LogP contribution in [0.4, 0.5) is 4.79 Å². The predicted molar refractivity (Wildman–Crippen MR) is 89.7 cm³/mol. The first-order chi connectivity index (χ1) is 11.2. The zero-order valence-corrected chi connectivity index (χ0v) is 14.1. The standard InChI is InChI=1S/C17H27N3O3/c1-22-13-5-8-18-17(21)20-11-9-19(10-12-20)14-15-6-3-4-7-16(15)23-2/h3-4,6-7H,5,8-14H2,1-2H3,(H,18,21). The van der Waals surface area contributed by atoms with Gasteiger partial charge in [-0.3, -0.25) is 4.90 Å². The number of methoxy groups -OCH3 is 2. The summed E-state index contributed by atoms with van der Waals surface area (Å²) in [6.45, 7) is 5.46. The van der Waals surface area contributed by atoms with Gasteiger partial charge >= 0.3 is 6.03 Å². The van der Waals surface area contributed by atoms with Crippen LogP contribution in [0.3, 0.4) is 0 Å². The number of benzene rings is 1. The molecule has 1 aromatic carbocycles. The third kappa shape index (κ3) is 5.41. The lowest BCUT2D eigenvalue weighted by Gasteiger charge is -2.34. The molecule has 128 valence electrons. The molecule has 0 atom stereocenters. The Labute approximate surface area is 138 Å². The average Bonchev–Trinajstić information content (AvgIpc) is 2.59. The maximum atomic E-state index is 12.1. The first-order valence-corrected chi connectivity index (χ1v) is 8.10. The first kappa shape index (κ1) is 17.6. The van der Waals surface area contributed by atoms with E-state index in [1.54, 1.807) is 14.2 Å². The van der Waals surface area contributed by atoms with Crippen molar-refractivity contribution in [3.8, 4) is 5.75 Å². The average molecular weight is 321 g/mol. The Bertz CT molecular complexity index is 488. The topological polar surface area (TPSA) is 54.0 Å². The Morgan fingerprint density at radius 1 is 1.17 bits per heavy atom. The molecule has 23 heavy (non-hydrogen) atoms. The second kappa shape index (κ2) is 9.37. The van der Waals surface area contributed by atoms with Crippen molar-refractivity contribution in [2.24, 2.45) is 0 Å². The SMILES string of the molecule is COCCCNC(=O)N1CCN(Cc2ccccc2OC)CC1. The molecule has 1 aromatic rings. The smallest absolute Gasteiger partial charge is 0.317 e. The molecule has 0 unspecified atom stereocenters. The molecule has 1 heterocycles. The maximum Gasteiger partial charge on any atom is 0.317 e. The largest absolute Gasteiger partial charge is 0.496 e. The fourth-order valence-corrected chi connectivity index (χ4v) is 2.71. The maximum absolute atomic E-state index is 12.1. The summed E-state index contributed by atoms with van der Waals surface area (Å²) in [4.78, 5) is 16.3. The Balaban J connectivity index is 1.74. The van der Waals surface area contributed by atoms with Crippen molar-refractivity contribution in [1.82, 2.24) is 15.1 Å². The van der Waals surface area contributed by atoms with Crippen molar-refractivity contribution in [2.75, 3.05) is 53.6 Å². The van der Waals surface area contributed by atoms with Gasteiger partial charge in [-0.15, -0.1) is 0 Å². The summed E-state index contributed by atoms with van der Waals surface area (Å²) in [6, 6.07) is 8.11. The molecule has 6 heteroatoms. The van der Waals surface area contributed by atoms with Crippen LogP contribution in [0.25, 0.3) is 0 Å². The van der Waals surface area contributed by atoms with Gasteiger partial charge in [0.15, 0.2) is 0 Å². The minimum absolute atomic E-state index is 0.0260. The number of urea groups is 1. The zero-order valence-electron chi connectivity index (χ0n) is 14.1. The number of para-hydroxylation sites is 1. The summed E-state index contributed by atoms with van der Waals surface area (Å²) in [5.74, 6) is 0.922. The van der Waals surface area contributed by atoms with E-state index >= 15 is 0 Å². The summed E-state index contributed by atoms with van der Waals surface area (Å²) in [5.41, 5.74) is 1.19. The second-order valence-corrected chi connectivity index (χ2v) is 5.65. The molecule has 2 rings (SSSR count). The van der Waals surface area contributed by atoms with Gasteiger partial charge in [0.25, 0.3) is 0 Å². The van der Waals surface area contributed by atoms with E-state index in [2.05, 4.69) is 16.3 Å².